The van der Waals surface area contributed by atoms with Crippen LogP contribution in [0.5, 0.6) is 0 Å². The average molecular weight is 240 g/mol. The van der Waals surface area contributed by atoms with Crippen LogP contribution in [0.2, 0.25) is 0 Å². The van der Waals surface area contributed by atoms with E-state index in [1.165, 1.54) is 0 Å². The number of nitrogens with one attached hydrogen (secondary N) is 1. The smallest absolute Gasteiger partial charge is 0.187 e. The molecule has 2 saturated heterocycles. The van der Waals surface area contributed by atoms with E-state index in [1.807, 2.05) is 19.9 Å². The van der Waals surface area contributed by atoms with Crippen molar-refractivity contribution in [3.05, 3.63) is 18.0 Å². The van der Waals surface area contributed by atoms with Crippen molar-refractivity contribution in [2.45, 2.75) is 44.2 Å². The lowest BCUT2D eigenvalue weighted by atomic mass is 10.1. The molecule has 4 atom stereocenters. The van der Waals surface area contributed by atoms with E-state index >= 15 is 0 Å². The number of H-pyrrole nitrogens is 1. The molecule has 0 aromatic carbocycles. The second kappa shape index (κ2) is 3.78. The number of aromatic nitrogens is 2. The molecule has 94 valence electrons. The summed E-state index contributed by atoms with van der Waals surface area (Å²) in [6.45, 7) is 3.78. The molecule has 3 rings (SSSR count). The highest BCUT2D eigenvalue weighted by Crippen LogP contribution is 2.44. The third-order valence-corrected chi connectivity index (χ3v) is 3.07. The highest BCUT2D eigenvalue weighted by molar-refractivity contribution is 5.10. The van der Waals surface area contributed by atoms with Gasteiger partial charge in [0, 0.05) is 13.3 Å². The number of nitrogens with zero attached hydrogens (tertiary/aromatic N) is 1. The fraction of sp³-hybridized carbons (Fsp3) is 0.727. The molecule has 1 N–H and O–H groups in total. The second-order valence-corrected chi connectivity index (χ2v) is 4.74. The molecule has 6 nitrogen and oxygen atoms in total. The highest BCUT2D eigenvalue weighted by atomic mass is 16.8. The fourth-order valence-corrected chi connectivity index (χ4v) is 2.43. The number of hydrogen-bond donors (Lipinski definition) is 1. The third kappa shape index (κ3) is 1.77. The lowest BCUT2D eigenvalue weighted by Crippen LogP contribution is -2.30. The van der Waals surface area contributed by atoms with Gasteiger partial charge in [0.05, 0.1) is 5.69 Å². The fourth-order valence-electron chi connectivity index (χ4n) is 2.43. The van der Waals surface area contributed by atoms with Crippen molar-refractivity contribution in [2.75, 3.05) is 7.11 Å². The molecule has 0 radical (unpaired) electrons. The molecule has 1 aromatic heterocycles. The summed E-state index contributed by atoms with van der Waals surface area (Å²) in [5, 5.41) is 6.82. The first-order valence-corrected chi connectivity index (χ1v) is 5.64. The van der Waals surface area contributed by atoms with E-state index in [-0.39, 0.29) is 18.3 Å². The van der Waals surface area contributed by atoms with E-state index in [4.69, 9.17) is 18.9 Å². The zero-order valence-corrected chi connectivity index (χ0v) is 10.0. The molecular formula is C11H16N2O4. The number of ether oxygens (including phenoxy) is 4. The monoisotopic (exact) mass is 240 g/mol. The van der Waals surface area contributed by atoms with Crippen molar-refractivity contribution in [1.29, 1.82) is 0 Å². The molecule has 0 saturated carbocycles. The predicted molar refractivity (Wildman–Crippen MR) is 57.0 cm³/mol. The van der Waals surface area contributed by atoms with Gasteiger partial charge >= 0.3 is 0 Å². The molecule has 0 bridgehead atoms. The maximum Gasteiger partial charge on any atom is 0.187 e. The minimum absolute atomic E-state index is 0.171. The largest absolute Gasteiger partial charge is 0.353 e. The summed E-state index contributed by atoms with van der Waals surface area (Å²) in [5.41, 5.74) is 0.876. The Bertz CT molecular complexity index is 392. The first-order chi connectivity index (χ1) is 8.11. The van der Waals surface area contributed by atoms with Gasteiger partial charge in [0.25, 0.3) is 0 Å². The van der Waals surface area contributed by atoms with Crippen molar-refractivity contribution in [2.24, 2.45) is 0 Å². The van der Waals surface area contributed by atoms with Gasteiger partial charge in [0.1, 0.15) is 18.3 Å². The van der Waals surface area contributed by atoms with Crippen LogP contribution >= 0.6 is 0 Å². The van der Waals surface area contributed by atoms with Crippen LogP contribution in [-0.4, -0.2) is 41.6 Å². The Kier molecular flexibility index (Phi) is 2.48. The summed E-state index contributed by atoms with van der Waals surface area (Å²) in [4.78, 5) is 0. The van der Waals surface area contributed by atoms with Gasteiger partial charge in [-0.3, -0.25) is 5.10 Å². The van der Waals surface area contributed by atoms with Crippen LogP contribution in [0, 0.1) is 0 Å². The molecule has 17 heavy (non-hydrogen) atoms. The van der Waals surface area contributed by atoms with Gasteiger partial charge in [-0.2, -0.15) is 5.10 Å². The van der Waals surface area contributed by atoms with Crippen molar-refractivity contribution >= 4 is 0 Å². The van der Waals surface area contributed by atoms with Crippen LogP contribution in [0.4, 0.5) is 0 Å². The van der Waals surface area contributed by atoms with Crippen LogP contribution in [0.15, 0.2) is 12.3 Å². The minimum atomic E-state index is -0.603. The van der Waals surface area contributed by atoms with Crippen molar-refractivity contribution in [3.8, 4) is 0 Å². The molecule has 2 aliphatic rings. The van der Waals surface area contributed by atoms with Crippen LogP contribution in [0.1, 0.15) is 25.6 Å². The van der Waals surface area contributed by atoms with E-state index in [2.05, 4.69) is 10.2 Å². The summed E-state index contributed by atoms with van der Waals surface area (Å²) in [5.74, 6) is -0.603. The normalized spacial score (nSPS) is 39.5. The molecule has 3 heterocycles. The molecule has 0 spiro atoms. The van der Waals surface area contributed by atoms with Gasteiger partial charge in [-0.15, -0.1) is 0 Å². The molecular weight excluding hydrogens is 224 g/mol. The number of rotatable bonds is 2. The van der Waals surface area contributed by atoms with E-state index in [0.717, 1.165) is 5.69 Å². The Morgan fingerprint density at radius 2 is 2.12 bits per heavy atom. The van der Waals surface area contributed by atoms with E-state index in [9.17, 15) is 0 Å². The van der Waals surface area contributed by atoms with Gasteiger partial charge in [-0.05, 0) is 19.9 Å². The molecule has 0 unspecified atom stereocenters. The number of hydrogen-bond acceptors (Lipinski definition) is 5. The maximum absolute atomic E-state index is 5.87. The Hall–Kier alpha value is -0.950. The minimum Gasteiger partial charge on any atom is -0.353 e. The van der Waals surface area contributed by atoms with Gasteiger partial charge in [-0.25, -0.2) is 0 Å². The van der Waals surface area contributed by atoms with E-state index < -0.39 is 12.1 Å². The molecule has 0 aliphatic carbocycles. The van der Waals surface area contributed by atoms with Gasteiger partial charge in [0.15, 0.2) is 12.1 Å². The third-order valence-electron chi connectivity index (χ3n) is 3.07. The first kappa shape index (κ1) is 11.2. The number of fused-ring (bicyclic) bond motifs is 1. The van der Waals surface area contributed by atoms with Crippen molar-refractivity contribution < 1.29 is 18.9 Å². The maximum atomic E-state index is 5.87. The van der Waals surface area contributed by atoms with E-state index in [0.29, 0.717) is 0 Å². The molecule has 0 amide bonds. The lowest BCUT2D eigenvalue weighted by molar-refractivity contribution is -0.228. The zero-order chi connectivity index (χ0) is 12.0. The predicted octanol–water partition coefficient (Wildman–Crippen LogP) is 0.974. The van der Waals surface area contributed by atoms with Crippen LogP contribution in [0.3, 0.4) is 0 Å². The zero-order valence-electron chi connectivity index (χ0n) is 10.0. The summed E-state index contributed by atoms with van der Waals surface area (Å²) in [6, 6.07) is 1.87. The number of aromatic amines is 1. The standard InChI is InChI=1S/C11H16N2O4/c1-11(2)16-8-7(6-4-5-12-13-6)15-10(14-3)9(8)17-11/h4-5,7-10H,1-3H3,(H,12,13)/t7-,8-,9-,10-/m1/s1. The lowest BCUT2D eigenvalue weighted by Gasteiger charge is -2.23. The van der Waals surface area contributed by atoms with E-state index in [1.54, 1.807) is 13.3 Å². The topological polar surface area (TPSA) is 65.6 Å². The SMILES string of the molecule is CO[C@@H]1O[C@H](c2ccn[nH]2)[C@H]2OC(C)(C)O[C@@H]12. The Labute approximate surface area is 99.2 Å². The van der Waals surface area contributed by atoms with Gasteiger partial charge < -0.3 is 18.9 Å². The van der Waals surface area contributed by atoms with Crippen molar-refractivity contribution in [3.63, 3.8) is 0 Å². The van der Waals surface area contributed by atoms with Crippen LogP contribution in [0.25, 0.3) is 0 Å². The second-order valence-electron chi connectivity index (χ2n) is 4.74. The molecule has 2 fully saturated rings. The summed E-state index contributed by atoms with van der Waals surface area (Å²) in [6.07, 6.45) is 0.678. The number of methoxy groups -OCH3 is 1. The van der Waals surface area contributed by atoms with Crippen LogP contribution < -0.4 is 0 Å². The molecule has 1 aromatic rings. The average Bonchev–Trinajstić information content (AvgIpc) is 2.91. The van der Waals surface area contributed by atoms with Gasteiger partial charge in [0.2, 0.25) is 0 Å². The molecule has 2 aliphatic heterocycles. The van der Waals surface area contributed by atoms with Crippen molar-refractivity contribution in [1.82, 2.24) is 10.2 Å². The molecule has 6 heteroatoms. The summed E-state index contributed by atoms with van der Waals surface area (Å²) >= 11 is 0. The summed E-state index contributed by atoms with van der Waals surface area (Å²) < 4.78 is 22.7. The van der Waals surface area contributed by atoms with Gasteiger partial charge in [-0.1, -0.05) is 0 Å². The Morgan fingerprint density at radius 3 is 2.76 bits per heavy atom. The van der Waals surface area contributed by atoms with Crippen LogP contribution in [-0.2, 0) is 18.9 Å². The highest BCUT2D eigenvalue weighted by Gasteiger charge is 2.56. The summed E-state index contributed by atoms with van der Waals surface area (Å²) in [7, 11) is 1.60. The quantitative estimate of drug-likeness (QED) is 0.834. The Morgan fingerprint density at radius 1 is 1.35 bits per heavy atom. The first-order valence-electron chi connectivity index (χ1n) is 5.64. The Balaban J connectivity index is 1.88.